The minimum absolute atomic E-state index is 0.100. The Morgan fingerprint density at radius 3 is 2.03 bits per heavy atom. The number of rotatable bonds is 7. The van der Waals surface area contributed by atoms with Crippen molar-refractivity contribution >= 4 is 27.6 Å². The van der Waals surface area contributed by atoms with Crippen LogP contribution in [0.4, 0.5) is 18.9 Å². The van der Waals surface area contributed by atoms with E-state index in [2.05, 4.69) is 4.74 Å². The summed E-state index contributed by atoms with van der Waals surface area (Å²) in [6.07, 6.45) is -1.57. The molecule has 1 fully saturated rings. The first kappa shape index (κ1) is 25.5. The Bertz CT molecular complexity index is 1320. The highest BCUT2D eigenvalue weighted by Crippen LogP contribution is 2.26. The van der Waals surface area contributed by atoms with E-state index in [4.69, 9.17) is 0 Å². The Balaban J connectivity index is 1.35. The fourth-order valence-electron chi connectivity index (χ4n) is 3.82. The van der Waals surface area contributed by atoms with Crippen LogP contribution in [0, 0.1) is 0 Å². The van der Waals surface area contributed by atoms with Gasteiger partial charge in [0, 0.05) is 37.4 Å². The van der Waals surface area contributed by atoms with E-state index in [1.807, 2.05) is 47.4 Å². The van der Waals surface area contributed by atoms with E-state index in [0.29, 0.717) is 18.7 Å². The zero-order valence-corrected chi connectivity index (χ0v) is 19.9. The molecule has 4 rings (SSSR count). The van der Waals surface area contributed by atoms with Gasteiger partial charge in [0.15, 0.2) is 5.78 Å². The summed E-state index contributed by atoms with van der Waals surface area (Å²) < 4.78 is 67.9. The number of benzene rings is 3. The highest BCUT2D eigenvalue weighted by atomic mass is 32.2. The van der Waals surface area contributed by atoms with Gasteiger partial charge in [-0.25, -0.2) is 8.42 Å². The molecule has 0 bridgehead atoms. The number of alkyl halides is 3. The fraction of sp³-hybridized carbons (Fsp3) is 0.192. The Morgan fingerprint density at radius 2 is 1.44 bits per heavy atom. The summed E-state index contributed by atoms with van der Waals surface area (Å²) in [5, 5.41) is 0. The summed E-state index contributed by atoms with van der Waals surface area (Å²) in [7, 11) is -3.86. The average molecular weight is 517 g/mol. The van der Waals surface area contributed by atoms with Crippen molar-refractivity contribution in [1.29, 1.82) is 0 Å². The summed E-state index contributed by atoms with van der Waals surface area (Å²) >= 11 is 0. The van der Waals surface area contributed by atoms with Gasteiger partial charge < -0.3 is 9.64 Å². The molecule has 0 spiro atoms. The molecule has 0 aliphatic carbocycles. The maximum Gasteiger partial charge on any atom is 0.573 e. The van der Waals surface area contributed by atoms with Crippen molar-refractivity contribution in [1.82, 2.24) is 4.31 Å². The first-order chi connectivity index (χ1) is 17.1. The molecule has 1 saturated heterocycles. The normalized spacial score (nSPS) is 15.2. The van der Waals surface area contributed by atoms with Gasteiger partial charge >= 0.3 is 6.36 Å². The number of ether oxygens (including phenoxy) is 1. The molecular formula is C26H23F3N2O4S. The maximum atomic E-state index is 12.9. The largest absolute Gasteiger partial charge is 0.573 e. The number of allylic oxidation sites excluding steroid dienone is 1. The first-order valence-electron chi connectivity index (χ1n) is 11.1. The summed E-state index contributed by atoms with van der Waals surface area (Å²) in [5.74, 6) is -0.600. The molecule has 1 heterocycles. The third-order valence-electron chi connectivity index (χ3n) is 5.68. The highest BCUT2D eigenvalue weighted by Gasteiger charge is 2.32. The standard InChI is InChI=1S/C26H23F3N2O4S/c27-26(28,29)35-23-11-13-24(14-12-23)36(33,34)31-18-16-30(17-19-31)22-9-7-21(8-10-22)25(32)15-6-20-4-2-1-3-5-20/h1-15H,16-19H2/b15-6+. The van der Waals surface area contributed by atoms with E-state index in [-0.39, 0.29) is 23.8 Å². The Hall–Kier alpha value is -3.63. The van der Waals surface area contributed by atoms with E-state index < -0.39 is 22.1 Å². The van der Waals surface area contributed by atoms with Gasteiger partial charge in [0.25, 0.3) is 0 Å². The fourth-order valence-corrected chi connectivity index (χ4v) is 5.24. The number of piperazine rings is 1. The summed E-state index contributed by atoms with van der Waals surface area (Å²) in [6.45, 7) is 1.28. The zero-order valence-electron chi connectivity index (χ0n) is 19.1. The van der Waals surface area contributed by atoms with Crippen LogP contribution in [0.5, 0.6) is 5.75 Å². The molecule has 0 atom stereocenters. The SMILES string of the molecule is O=C(/C=C/c1ccccc1)c1ccc(N2CCN(S(=O)(=O)c3ccc(OC(F)(F)F)cc3)CC2)cc1. The van der Waals surface area contributed by atoms with Gasteiger partial charge in [-0.15, -0.1) is 13.2 Å². The van der Waals surface area contributed by atoms with E-state index in [9.17, 15) is 26.4 Å². The topological polar surface area (TPSA) is 66.9 Å². The molecule has 6 nitrogen and oxygen atoms in total. The van der Waals surface area contributed by atoms with Crippen molar-refractivity contribution in [2.75, 3.05) is 31.1 Å². The second kappa shape index (κ2) is 10.5. The Labute approximate surface area is 207 Å². The van der Waals surface area contributed by atoms with Crippen LogP contribution < -0.4 is 9.64 Å². The number of ketones is 1. The number of sulfonamides is 1. The van der Waals surface area contributed by atoms with E-state index in [1.165, 1.54) is 10.4 Å². The van der Waals surface area contributed by atoms with Crippen molar-refractivity contribution in [3.05, 3.63) is 96.1 Å². The molecule has 0 radical (unpaired) electrons. The van der Waals surface area contributed by atoms with Crippen molar-refractivity contribution in [2.24, 2.45) is 0 Å². The smallest absolute Gasteiger partial charge is 0.406 e. The maximum absolute atomic E-state index is 12.9. The highest BCUT2D eigenvalue weighted by molar-refractivity contribution is 7.89. The second-order valence-corrected chi connectivity index (χ2v) is 10.0. The molecule has 0 aromatic heterocycles. The lowest BCUT2D eigenvalue weighted by Gasteiger charge is -2.35. The van der Waals surface area contributed by atoms with Crippen molar-refractivity contribution in [3.63, 3.8) is 0 Å². The number of carbonyl (C=O) groups is 1. The number of hydrogen-bond acceptors (Lipinski definition) is 5. The van der Waals surface area contributed by atoms with Crippen LogP contribution in [0.3, 0.4) is 0 Å². The van der Waals surface area contributed by atoms with Crippen LogP contribution in [0.25, 0.3) is 6.08 Å². The zero-order chi connectivity index (χ0) is 25.8. The van der Waals surface area contributed by atoms with Crippen LogP contribution in [-0.2, 0) is 10.0 Å². The van der Waals surface area contributed by atoms with Crippen LogP contribution >= 0.6 is 0 Å². The third kappa shape index (κ3) is 6.32. The summed E-state index contributed by atoms with van der Waals surface area (Å²) in [4.78, 5) is 14.4. The minimum atomic E-state index is -4.85. The number of hydrogen-bond donors (Lipinski definition) is 0. The lowest BCUT2D eigenvalue weighted by atomic mass is 10.1. The lowest BCUT2D eigenvalue weighted by Crippen LogP contribution is -2.48. The quantitative estimate of drug-likeness (QED) is 0.327. The number of carbonyl (C=O) groups excluding carboxylic acids is 1. The molecular weight excluding hydrogens is 493 g/mol. The molecule has 0 amide bonds. The molecule has 0 unspecified atom stereocenters. The number of nitrogens with zero attached hydrogens (tertiary/aromatic N) is 2. The molecule has 0 N–H and O–H groups in total. The molecule has 1 aliphatic rings. The van der Waals surface area contributed by atoms with Gasteiger partial charge in [0.05, 0.1) is 4.90 Å². The lowest BCUT2D eigenvalue weighted by molar-refractivity contribution is -0.274. The van der Waals surface area contributed by atoms with Gasteiger partial charge in [0.1, 0.15) is 5.75 Å². The molecule has 0 saturated carbocycles. The molecule has 3 aromatic rings. The number of halogens is 3. The number of anilines is 1. The molecule has 3 aromatic carbocycles. The predicted octanol–water partition coefficient (Wildman–Crippen LogP) is 4.99. The first-order valence-corrected chi connectivity index (χ1v) is 12.5. The van der Waals surface area contributed by atoms with Crippen molar-refractivity contribution < 1.29 is 31.1 Å². The Kier molecular flexibility index (Phi) is 7.46. The van der Waals surface area contributed by atoms with Crippen molar-refractivity contribution in [2.45, 2.75) is 11.3 Å². The second-order valence-electron chi connectivity index (χ2n) is 8.07. The average Bonchev–Trinajstić information content (AvgIpc) is 2.87. The van der Waals surface area contributed by atoms with Crippen LogP contribution in [0.2, 0.25) is 0 Å². The predicted molar refractivity (Wildman–Crippen MR) is 130 cm³/mol. The molecule has 10 heteroatoms. The minimum Gasteiger partial charge on any atom is -0.406 e. The van der Waals surface area contributed by atoms with E-state index >= 15 is 0 Å². The molecule has 188 valence electrons. The third-order valence-corrected chi connectivity index (χ3v) is 7.59. The van der Waals surface area contributed by atoms with Crippen LogP contribution in [0.1, 0.15) is 15.9 Å². The van der Waals surface area contributed by atoms with Gasteiger partial charge in [-0.2, -0.15) is 4.31 Å². The van der Waals surface area contributed by atoms with E-state index in [1.54, 1.807) is 18.2 Å². The van der Waals surface area contributed by atoms with Crippen LogP contribution in [0.15, 0.2) is 89.8 Å². The van der Waals surface area contributed by atoms with Gasteiger partial charge in [0.2, 0.25) is 10.0 Å². The molecule has 1 aliphatic heterocycles. The van der Waals surface area contributed by atoms with Gasteiger partial charge in [-0.1, -0.05) is 36.4 Å². The summed E-state index contributed by atoms with van der Waals surface area (Å²) in [6, 6.07) is 20.8. The van der Waals surface area contributed by atoms with Gasteiger partial charge in [-0.3, -0.25) is 4.79 Å². The Morgan fingerprint density at radius 1 is 0.833 bits per heavy atom. The van der Waals surface area contributed by atoms with Gasteiger partial charge in [-0.05, 0) is 60.2 Å². The molecule has 36 heavy (non-hydrogen) atoms. The van der Waals surface area contributed by atoms with E-state index in [0.717, 1.165) is 35.5 Å². The monoisotopic (exact) mass is 516 g/mol. The van der Waals surface area contributed by atoms with Crippen molar-refractivity contribution in [3.8, 4) is 5.75 Å². The van der Waals surface area contributed by atoms with Crippen LogP contribution in [-0.4, -0.2) is 51.0 Å². The summed E-state index contributed by atoms with van der Waals surface area (Å²) in [5.41, 5.74) is 2.34.